The molecule has 0 heterocycles. The summed E-state index contributed by atoms with van der Waals surface area (Å²) < 4.78 is 5.71. The first-order valence-electron chi connectivity index (χ1n) is 8.68. The molecule has 3 rings (SSSR count). The van der Waals surface area contributed by atoms with E-state index in [1.165, 1.54) is 0 Å². The summed E-state index contributed by atoms with van der Waals surface area (Å²) in [6.07, 6.45) is 1.68. The monoisotopic (exact) mass is 359 g/mol. The van der Waals surface area contributed by atoms with Crippen molar-refractivity contribution < 1.29 is 14.6 Å². The number of aryl methyl sites for hydroxylation is 2. The molecule has 0 saturated carbocycles. The third kappa shape index (κ3) is 4.82. The van der Waals surface area contributed by atoms with Crippen molar-refractivity contribution in [3.8, 4) is 5.75 Å². The minimum atomic E-state index is -1.03. The largest absolute Gasteiger partial charge is 0.488 e. The number of hydrogen-bond donors (Lipinski definition) is 1. The molecule has 3 aromatic carbocycles. The standard InChI is InChI=1S/C23H21NO3/c1-16-8-9-17(2)21(12-16)24-14-19-10-11-22(20(13-19)23(25)26)27-15-18-6-4-3-5-7-18/h3-14H,15H2,1-2H3,(H,25,26). The number of carboxylic acids is 1. The van der Waals surface area contributed by atoms with Crippen molar-refractivity contribution in [2.45, 2.75) is 20.5 Å². The Balaban J connectivity index is 1.81. The molecule has 0 atom stereocenters. The van der Waals surface area contributed by atoms with Crippen LogP contribution in [0.15, 0.2) is 71.7 Å². The fourth-order valence-electron chi connectivity index (χ4n) is 2.66. The van der Waals surface area contributed by atoms with E-state index >= 15 is 0 Å². The van der Waals surface area contributed by atoms with E-state index in [0.29, 0.717) is 17.9 Å². The van der Waals surface area contributed by atoms with Crippen LogP contribution in [0.1, 0.15) is 32.6 Å². The summed E-state index contributed by atoms with van der Waals surface area (Å²) in [6, 6.07) is 20.8. The van der Waals surface area contributed by atoms with E-state index in [4.69, 9.17) is 4.74 Å². The number of aliphatic imine (C=N–C) groups is 1. The van der Waals surface area contributed by atoms with Crippen molar-refractivity contribution in [2.75, 3.05) is 0 Å². The Morgan fingerprint density at radius 3 is 2.56 bits per heavy atom. The number of rotatable bonds is 6. The van der Waals surface area contributed by atoms with Crippen LogP contribution >= 0.6 is 0 Å². The highest BCUT2D eigenvalue weighted by Gasteiger charge is 2.12. The lowest BCUT2D eigenvalue weighted by Crippen LogP contribution is -2.04. The fraction of sp³-hybridized carbons (Fsp3) is 0.130. The van der Waals surface area contributed by atoms with Crippen LogP contribution in [0.4, 0.5) is 5.69 Å². The molecule has 0 aliphatic heterocycles. The van der Waals surface area contributed by atoms with Gasteiger partial charge >= 0.3 is 5.97 Å². The number of nitrogens with zero attached hydrogens (tertiary/aromatic N) is 1. The molecule has 1 N–H and O–H groups in total. The van der Waals surface area contributed by atoms with Crippen molar-refractivity contribution >= 4 is 17.9 Å². The van der Waals surface area contributed by atoms with Crippen LogP contribution in [0, 0.1) is 13.8 Å². The maximum absolute atomic E-state index is 11.6. The maximum Gasteiger partial charge on any atom is 0.339 e. The predicted molar refractivity (Wildman–Crippen MR) is 107 cm³/mol. The lowest BCUT2D eigenvalue weighted by molar-refractivity contribution is 0.0691. The van der Waals surface area contributed by atoms with E-state index in [-0.39, 0.29) is 5.56 Å². The molecule has 0 spiro atoms. The van der Waals surface area contributed by atoms with Crippen LogP contribution in [-0.4, -0.2) is 17.3 Å². The Morgan fingerprint density at radius 1 is 1.04 bits per heavy atom. The molecule has 0 aliphatic rings. The Kier molecular flexibility index (Phi) is 5.67. The van der Waals surface area contributed by atoms with E-state index < -0.39 is 5.97 Å². The Hall–Kier alpha value is -3.40. The highest BCUT2D eigenvalue weighted by molar-refractivity contribution is 5.94. The normalized spacial score (nSPS) is 10.9. The minimum absolute atomic E-state index is 0.121. The van der Waals surface area contributed by atoms with Gasteiger partial charge in [0.25, 0.3) is 0 Å². The third-order valence-electron chi connectivity index (χ3n) is 4.19. The van der Waals surface area contributed by atoms with Crippen molar-refractivity contribution in [1.82, 2.24) is 0 Å². The molecule has 0 bridgehead atoms. The van der Waals surface area contributed by atoms with Crippen molar-refractivity contribution in [3.63, 3.8) is 0 Å². The van der Waals surface area contributed by atoms with Crippen molar-refractivity contribution in [1.29, 1.82) is 0 Å². The smallest absolute Gasteiger partial charge is 0.339 e. The molecule has 0 fully saturated rings. The van der Waals surface area contributed by atoms with Gasteiger partial charge in [0.05, 0.1) is 5.69 Å². The van der Waals surface area contributed by atoms with Gasteiger partial charge in [-0.25, -0.2) is 4.79 Å². The lowest BCUT2D eigenvalue weighted by Gasteiger charge is -2.10. The second kappa shape index (κ2) is 8.32. The van der Waals surface area contributed by atoms with Gasteiger partial charge in [0.1, 0.15) is 17.9 Å². The zero-order valence-corrected chi connectivity index (χ0v) is 15.3. The molecule has 0 unspecified atom stereocenters. The van der Waals surface area contributed by atoms with Crippen LogP contribution in [-0.2, 0) is 6.61 Å². The molecule has 0 saturated heterocycles. The molecule has 0 aliphatic carbocycles. The number of carbonyl (C=O) groups is 1. The molecule has 4 nitrogen and oxygen atoms in total. The van der Waals surface area contributed by atoms with E-state index in [1.54, 1.807) is 24.4 Å². The van der Waals surface area contributed by atoms with E-state index in [2.05, 4.69) is 4.99 Å². The quantitative estimate of drug-likeness (QED) is 0.605. The number of hydrogen-bond acceptors (Lipinski definition) is 3. The summed E-state index contributed by atoms with van der Waals surface area (Å²) in [4.78, 5) is 16.1. The van der Waals surface area contributed by atoms with E-state index in [1.807, 2.05) is 62.4 Å². The maximum atomic E-state index is 11.6. The first-order valence-corrected chi connectivity index (χ1v) is 8.68. The summed E-state index contributed by atoms with van der Waals surface area (Å²) in [5, 5.41) is 9.53. The highest BCUT2D eigenvalue weighted by Crippen LogP contribution is 2.23. The molecular weight excluding hydrogens is 338 g/mol. The lowest BCUT2D eigenvalue weighted by atomic mass is 10.1. The molecule has 136 valence electrons. The Labute approximate surface area is 158 Å². The summed E-state index contributed by atoms with van der Waals surface area (Å²) >= 11 is 0. The second-order valence-electron chi connectivity index (χ2n) is 6.38. The van der Waals surface area contributed by atoms with Gasteiger partial charge < -0.3 is 9.84 Å². The van der Waals surface area contributed by atoms with Crippen molar-refractivity contribution in [3.05, 3.63) is 94.5 Å². The second-order valence-corrected chi connectivity index (χ2v) is 6.38. The minimum Gasteiger partial charge on any atom is -0.488 e. The van der Waals surface area contributed by atoms with Gasteiger partial charge in [0, 0.05) is 6.21 Å². The van der Waals surface area contributed by atoms with E-state index in [9.17, 15) is 9.90 Å². The number of ether oxygens (including phenoxy) is 1. The zero-order valence-electron chi connectivity index (χ0n) is 15.3. The molecule has 4 heteroatoms. The Bertz CT molecular complexity index is 978. The van der Waals surface area contributed by atoms with Crippen LogP contribution in [0.25, 0.3) is 0 Å². The van der Waals surface area contributed by atoms with Crippen LogP contribution in [0.3, 0.4) is 0 Å². The number of carboxylic acid groups (broad SMARTS) is 1. The van der Waals surface area contributed by atoms with Crippen LogP contribution < -0.4 is 4.74 Å². The van der Waals surface area contributed by atoms with Gasteiger partial charge in [-0.2, -0.15) is 0 Å². The van der Waals surface area contributed by atoms with Gasteiger partial charge in [0.2, 0.25) is 0 Å². The Morgan fingerprint density at radius 2 is 1.81 bits per heavy atom. The molecular formula is C23H21NO3. The summed E-state index contributed by atoms with van der Waals surface area (Å²) in [6.45, 7) is 4.33. The molecule has 0 aromatic heterocycles. The van der Waals surface area contributed by atoms with Gasteiger partial charge in [-0.15, -0.1) is 0 Å². The highest BCUT2D eigenvalue weighted by atomic mass is 16.5. The van der Waals surface area contributed by atoms with Crippen LogP contribution in [0.5, 0.6) is 5.75 Å². The van der Waals surface area contributed by atoms with Gasteiger partial charge in [-0.05, 0) is 60.4 Å². The molecule has 27 heavy (non-hydrogen) atoms. The van der Waals surface area contributed by atoms with Gasteiger partial charge in [0.15, 0.2) is 0 Å². The first kappa shape index (κ1) is 18.4. The average Bonchev–Trinajstić information content (AvgIpc) is 2.68. The summed E-state index contributed by atoms with van der Waals surface area (Å²) in [7, 11) is 0. The topological polar surface area (TPSA) is 58.9 Å². The molecule has 0 radical (unpaired) electrons. The van der Waals surface area contributed by atoms with Crippen LogP contribution in [0.2, 0.25) is 0 Å². The van der Waals surface area contributed by atoms with E-state index in [0.717, 1.165) is 22.4 Å². The number of aromatic carboxylic acids is 1. The first-order chi connectivity index (χ1) is 13.0. The number of benzene rings is 3. The predicted octanol–water partition coefficient (Wildman–Crippen LogP) is 5.33. The molecule has 0 amide bonds. The van der Waals surface area contributed by atoms with Crippen molar-refractivity contribution in [2.24, 2.45) is 4.99 Å². The third-order valence-corrected chi connectivity index (χ3v) is 4.19. The molecule has 3 aromatic rings. The summed E-state index contributed by atoms with van der Waals surface area (Å²) in [5.74, 6) is -0.685. The van der Waals surface area contributed by atoms with Gasteiger partial charge in [-0.1, -0.05) is 42.5 Å². The fourth-order valence-corrected chi connectivity index (χ4v) is 2.66. The zero-order chi connectivity index (χ0) is 19.2. The van der Waals surface area contributed by atoms with Gasteiger partial charge in [-0.3, -0.25) is 4.99 Å². The average molecular weight is 359 g/mol. The SMILES string of the molecule is Cc1ccc(C)c(N=Cc2ccc(OCc3ccccc3)c(C(=O)O)c2)c1. The summed E-state index contributed by atoms with van der Waals surface area (Å²) in [5.41, 5.74) is 4.88.